The molecule has 2 aromatic rings. The van der Waals surface area contributed by atoms with Crippen LogP contribution < -0.4 is 11.1 Å². The molecular formula is C27H34F3N3. The molecule has 0 saturated carbocycles. The molecule has 2 rings (SSSR count). The third-order valence-electron chi connectivity index (χ3n) is 5.78. The van der Waals surface area contributed by atoms with Crippen LogP contribution in [-0.2, 0) is 6.42 Å². The summed E-state index contributed by atoms with van der Waals surface area (Å²) < 4.78 is 38.8. The molecule has 0 spiro atoms. The molecule has 1 unspecified atom stereocenters. The van der Waals surface area contributed by atoms with E-state index in [0.29, 0.717) is 18.0 Å². The van der Waals surface area contributed by atoms with Gasteiger partial charge in [-0.1, -0.05) is 43.8 Å². The Hall–Kier alpha value is -2.70. The number of hydrogen-bond acceptors (Lipinski definition) is 3. The summed E-state index contributed by atoms with van der Waals surface area (Å²) in [5.74, 6) is 0.355. The van der Waals surface area contributed by atoms with Gasteiger partial charge in [-0.15, -0.1) is 0 Å². The van der Waals surface area contributed by atoms with E-state index in [9.17, 15) is 13.2 Å². The normalized spacial score (nSPS) is 13.1. The minimum atomic E-state index is -4.53. The summed E-state index contributed by atoms with van der Waals surface area (Å²) in [5, 5.41) is 11.0. The number of rotatable bonds is 11. The van der Waals surface area contributed by atoms with Crippen LogP contribution in [0, 0.1) is 25.2 Å². The van der Waals surface area contributed by atoms with Crippen LogP contribution in [-0.4, -0.2) is 32.0 Å². The Morgan fingerprint density at radius 3 is 2.45 bits per heavy atom. The molecule has 0 aromatic heterocycles. The number of alkyl halides is 3. The average molecular weight is 458 g/mol. The van der Waals surface area contributed by atoms with Crippen LogP contribution in [0.15, 0.2) is 54.6 Å². The van der Waals surface area contributed by atoms with Gasteiger partial charge in [0, 0.05) is 11.8 Å². The summed E-state index contributed by atoms with van der Waals surface area (Å²) in [5.41, 5.74) is 11.0. The molecular weight excluding hydrogens is 423 g/mol. The van der Waals surface area contributed by atoms with Gasteiger partial charge in [0.1, 0.15) is 0 Å². The third kappa shape index (κ3) is 7.41. The van der Waals surface area contributed by atoms with Crippen LogP contribution in [0.25, 0.3) is 16.7 Å². The van der Waals surface area contributed by atoms with Crippen molar-refractivity contribution in [3.8, 4) is 11.1 Å². The highest BCUT2D eigenvalue weighted by atomic mass is 19.4. The van der Waals surface area contributed by atoms with Gasteiger partial charge < -0.3 is 16.5 Å². The van der Waals surface area contributed by atoms with Gasteiger partial charge in [-0.05, 0) is 103 Å². The van der Waals surface area contributed by atoms with Crippen molar-refractivity contribution in [3.05, 3.63) is 76.9 Å². The fourth-order valence-electron chi connectivity index (χ4n) is 3.72. The van der Waals surface area contributed by atoms with Gasteiger partial charge in [-0.3, -0.25) is 0 Å². The Labute approximate surface area is 195 Å². The summed E-state index contributed by atoms with van der Waals surface area (Å²) in [6.07, 6.45) is -0.710. The summed E-state index contributed by atoms with van der Waals surface area (Å²) in [4.78, 5) is 0. The average Bonchev–Trinajstić information content (AvgIpc) is 2.77. The minimum absolute atomic E-state index is 0.164. The molecule has 178 valence electrons. The minimum Gasteiger partial charge on any atom is -0.330 e. The molecule has 3 nitrogen and oxygen atoms in total. The summed E-state index contributed by atoms with van der Waals surface area (Å²) >= 11 is 0. The number of nitrogens with two attached hydrogens (primary N) is 1. The maximum Gasteiger partial charge on any atom is 0.415 e. The van der Waals surface area contributed by atoms with Gasteiger partial charge in [-0.2, -0.15) is 13.2 Å². The van der Waals surface area contributed by atoms with Crippen LogP contribution in [0.3, 0.4) is 0 Å². The summed E-state index contributed by atoms with van der Waals surface area (Å²) in [7, 11) is 0. The molecule has 6 heteroatoms. The maximum atomic E-state index is 12.9. The Morgan fingerprint density at radius 2 is 1.88 bits per heavy atom. The van der Waals surface area contributed by atoms with Crippen LogP contribution >= 0.6 is 0 Å². The Balaban J connectivity index is 2.34. The molecule has 0 fully saturated rings. The number of allylic oxidation sites excluding steroid dienone is 3. The van der Waals surface area contributed by atoms with Crippen molar-refractivity contribution in [2.24, 2.45) is 11.7 Å². The summed E-state index contributed by atoms with van der Waals surface area (Å²) in [6.45, 7) is 11.7. The zero-order valence-electron chi connectivity index (χ0n) is 19.7. The van der Waals surface area contributed by atoms with Gasteiger partial charge >= 0.3 is 6.18 Å². The van der Waals surface area contributed by atoms with E-state index >= 15 is 0 Å². The van der Waals surface area contributed by atoms with Gasteiger partial charge in [0.05, 0.1) is 0 Å². The van der Waals surface area contributed by atoms with E-state index in [1.165, 1.54) is 5.56 Å². The zero-order valence-corrected chi connectivity index (χ0v) is 19.7. The first-order valence-corrected chi connectivity index (χ1v) is 11.2. The smallest absolute Gasteiger partial charge is 0.330 e. The Morgan fingerprint density at radius 1 is 1.15 bits per heavy atom. The first-order valence-electron chi connectivity index (χ1n) is 11.2. The van der Waals surface area contributed by atoms with E-state index in [0.717, 1.165) is 60.5 Å². The van der Waals surface area contributed by atoms with E-state index in [-0.39, 0.29) is 5.57 Å². The van der Waals surface area contributed by atoms with Crippen molar-refractivity contribution in [2.75, 3.05) is 19.6 Å². The number of hydrogen-bond donors (Lipinski definition) is 3. The highest BCUT2D eigenvalue weighted by Gasteiger charge is 2.30. The first-order chi connectivity index (χ1) is 15.6. The molecule has 0 aliphatic carbocycles. The van der Waals surface area contributed by atoms with Crippen molar-refractivity contribution in [3.63, 3.8) is 0 Å². The second kappa shape index (κ2) is 12.0. The third-order valence-corrected chi connectivity index (χ3v) is 5.78. The van der Waals surface area contributed by atoms with Crippen LogP contribution in [0.4, 0.5) is 13.2 Å². The van der Waals surface area contributed by atoms with Crippen molar-refractivity contribution < 1.29 is 13.2 Å². The fraction of sp³-hybridized carbons (Fsp3) is 0.370. The second-order valence-electron chi connectivity index (χ2n) is 8.45. The molecule has 0 bridgehead atoms. The topological polar surface area (TPSA) is 61.9 Å². The molecule has 0 saturated heterocycles. The van der Waals surface area contributed by atoms with Crippen molar-refractivity contribution in [1.29, 1.82) is 5.41 Å². The van der Waals surface area contributed by atoms with Gasteiger partial charge in [-0.25, -0.2) is 0 Å². The van der Waals surface area contributed by atoms with Gasteiger partial charge in [0.2, 0.25) is 0 Å². The lowest BCUT2D eigenvalue weighted by molar-refractivity contribution is -0.0877. The van der Waals surface area contributed by atoms with E-state index in [1.807, 2.05) is 25.1 Å². The lowest BCUT2D eigenvalue weighted by Crippen LogP contribution is -2.30. The van der Waals surface area contributed by atoms with Gasteiger partial charge in [0.25, 0.3) is 0 Å². The van der Waals surface area contributed by atoms with Crippen LogP contribution in [0.1, 0.15) is 35.6 Å². The molecule has 0 radical (unpaired) electrons. The van der Waals surface area contributed by atoms with Crippen LogP contribution in [0.2, 0.25) is 0 Å². The molecule has 33 heavy (non-hydrogen) atoms. The first kappa shape index (κ1) is 26.6. The molecule has 4 N–H and O–H groups in total. The molecule has 0 aliphatic heterocycles. The number of benzene rings is 2. The quantitative estimate of drug-likeness (QED) is 0.212. The molecule has 0 aliphatic rings. The lowest BCUT2D eigenvalue weighted by atomic mass is 9.90. The molecule has 1 atom stereocenters. The predicted octanol–water partition coefficient (Wildman–Crippen LogP) is 6.24. The Bertz CT molecular complexity index is 1010. The zero-order chi connectivity index (χ0) is 24.6. The fourth-order valence-corrected chi connectivity index (χ4v) is 3.72. The second-order valence-corrected chi connectivity index (χ2v) is 8.45. The van der Waals surface area contributed by atoms with Gasteiger partial charge in [0.15, 0.2) is 0 Å². The van der Waals surface area contributed by atoms with E-state index in [2.05, 4.69) is 37.9 Å². The van der Waals surface area contributed by atoms with Crippen molar-refractivity contribution >= 4 is 11.8 Å². The number of halogens is 3. The van der Waals surface area contributed by atoms with E-state index < -0.39 is 11.7 Å². The molecule has 2 aromatic carbocycles. The highest BCUT2D eigenvalue weighted by Crippen LogP contribution is 2.31. The van der Waals surface area contributed by atoms with Crippen molar-refractivity contribution in [2.45, 2.75) is 39.8 Å². The number of nitrogens with one attached hydrogen (secondary N) is 2. The monoisotopic (exact) mass is 457 g/mol. The number of aryl methyl sites for hydroxylation is 2. The highest BCUT2D eigenvalue weighted by molar-refractivity contribution is 6.09. The largest absolute Gasteiger partial charge is 0.415 e. The Kier molecular flexibility index (Phi) is 9.62. The van der Waals surface area contributed by atoms with Crippen molar-refractivity contribution in [1.82, 2.24) is 5.32 Å². The lowest BCUT2D eigenvalue weighted by Gasteiger charge is -2.18. The SMILES string of the molecule is C=C(/C=C(\C=N)c1ccc(C)c(-c2ccc(CC(CN)CNCCC)c(C)c2)c1)C(F)(F)F. The molecule has 0 heterocycles. The van der Waals surface area contributed by atoms with E-state index in [4.69, 9.17) is 11.1 Å². The predicted molar refractivity (Wildman–Crippen MR) is 133 cm³/mol. The maximum absolute atomic E-state index is 12.9. The summed E-state index contributed by atoms with van der Waals surface area (Å²) in [6, 6.07) is 11.7. The standard InChI is InChI=1S/C27H34F3N3/c1-5-10-33-17-21(15-31)13-22-8-9-24(11-19(22)3)26-14-23(7-6-18(26)2)25(16-32)12-20(4)27(28,29)30/h6-9,11-12,14,16,21,32-33H,4-5,10,13,15,17,31H2,1-3H3/b25-12+,32-16?. The molecule has 0 amide bonds. The van der Waals surface area contributed by atoms with Crippen LogP contribution in [0.5, 0.6) is 0 Å². The van der Waals surface area contributed by atoms with E-state index in [1.54, 1.807) is 6.07 Å².